The highest BCUT2D eigenvalue weighted by Crippen LogP contribution is 2.34. The van der Waals surface area contributed by atoms with Crippen molar-refractivity contribution in [3.05, 3.63) is 39.5 Å². The normalized spacial score (nSPS) is 19.1. The van der Waals surface area contributed by atoms with E-state index in [9.17, 15) is 23.3 Å². The second-order valence-corrected chi connectivity index (χ2v) is 6.47. The molecule has 1 atom stereocenters. The lowest BCUT2D eigenvalue weighted by atomic mass is 10.0. The van der Waals surface area contributed by atoms with Crippen LogP contribution in [0.4, 0.5) is 19.0 Å². The van der Waals surface area contributed by atoms with E-state index in [-0.39, 0.29) is 29.2 Å². The van der Waals surface area contributed by atoms with Gasteiger partial charge in [-0.25, -0.2) is 0 Å². The number of nitrogens with zero attached hydrogens (tertiary/aromatic N) is 3. The molecule has 1 aliphatic rings. The Balaban J connectivity index is 1.66. The van der Waals surface area contributed by atoms with Crippen molar-refractivity contribution < 1.29 is 32.3 Å². The molecule has 27 heavy (non-hydrogen) atoms. The Morgan fingerprint density at radius 1 is 1.48 bits per heavy atom. The van der Waals surface area contributed by atoms with Gasteiger partial charge in [0, 0.05) is 24.0 Å². The average Bonchev–Trinajstić information content (AvgIpc) is 2.95. The number of nitro groups is 1. The Morgan fingerprint density at radius 3 is 2.85 bits per heavy atom. The van der Waals surface area contributed by atoms with Crippen LogP contribution in [0.25, 0.3) is 0 Å². The zero-order valence-corrected chi connectivity index (χ0v) is 14.6. The first-order valence-corrected chi connectivity index (χ1v) is 8.01. The molecule has 0 fully saturated rings. The Bertz CT molecular complexity index is 873. The van der Waals surface area contributed by atoms with Crippen LogP contribution in [0.15, 0.2) is 24.4 Å². The number of aryl methyl sites for hydroxylation is 1. The minimum absolute atomic E-state index is 0.00680. The number of rotatable bonds is 5. The lowest BCUT2D eigenvalue weighted by Gasteiger charge is -2.32. The Morgan fingerprint density at radius 2 is 2.22 bits per heavy atom. The van der Waals surface area contributed by atoms with Crippen molar-refractivity contribution in [1.82, 2.24) is 9.55 Å². The Labute approximate surface area is 155 Å². The Kier molecular flexibility index (Phi) is 4.81. The van der Waals surface area contributed by atoms with Crippen molar-refractivity contribution in [1.29, 1.82) is 0 Å². The maximum Gasteiger partial charge on any atom is 0.573 e. The second kappa shape index (κ2) is 6.80. The summed E-state index contributed by atoms with van der Waals surface area (Å²) in [5, 5.41) is 10.7. The number of alkyl halides is 3. The van der Waals surface area contributed by atoms with E-state index < -0.39 is 22.6 Å². The lowest BCUT2D eigenvalue weighted by molar-refractivity contribution is -0.389. The molecule has 2 aromatic rings. The van der Waals surface area contributed by atoms with E-state index >= 15 is 0 Å². The third kappa shape index (κ3) is 4.54. The number of hydrogen-bond acceptors (Lipinski definition) is 6. The minimum Gasteiger partial charge on any atom is -0.488 e. The molecule has 0 bridgehead atoms. The molecule has 8 nitrogen and oxygen atoms in total. The largest absolute Gasteiger partial charge is 0.573 e. The smallest absolute Gasteiger partial charge is 0.488 e. The lowest BCUT2D eigenvalue weighted by Crippen LogP contribution is -2.43. The number of halogens is 4. The number of benzene rings is 1. The molecule has 0 N–H and O–H groups in total. The molecule has 1 aliphatic heterocycles. The number of aromatic nitrogens is 2. The van der Waals surface area contributed by atoms with Crippen molar-refractivity contribution in [3.8, 4) is 17.5 Å². The SMILES string of the molecule is CC1(COc2ccc(OC(F)(F)F)cc2Cl)CCn2cc([N+](=O)[O-])nc2O1. The van der Waals surface area contributed by atoms with E-state index in [1.54, 1.807) is 6.92 Å². The molecule has 3 rings (SSSR count). The van der Waals surface area contributed by atoms with Gasteiger partial charge < -0.3 is 24.3 Å². The highest BCUT2D eigenvalue weighted by atomic mass is 35.5. The second-order valence-electron chi connectivity index (χ2n) is 6.06. The number of fused-ring (bicyclic) bond motifs is 1. The maximum absolute atomic E-state index is 12.2. The first-order valence-electron chi connectivity index (χ1n) is 7.63. The van der Waals surface area contributed by atoms with Crippen molar-refractivity contribution in [2.24, 2.45) is 0 Å². The summed E-state index contributed by atoms with van der Waals surface area (Å²) in [7, 11) is 0. The molecule has 1 unspecified atom stereocenters. The van der Waals surface area contributed by atoms with Gasteiger partial charge in [-0.15, -0.1) is 13.2 Å². The van der Waals surface area contributed by atoms with Gasteiger partial charge in [0.15, 0.2) is 0 Å². The fraction of sp³-hybridized carbons (Fsp3) is 0.400. The highest BCUT2D eigenvalue weighted by molar-refractivity contribution is 6.32. The van der Waals surface area contributed by atoms with Crippen LogP contribution in [-0.4, -0.2) is 33.0 Å². The van der Waals surface area contributed by atoms with Gasteiger partial charge in [-0.05, 0) is 24.0 Å². The first-order chi connectivity index (χ1) is 12.5. The topological polar surface area (TPSA) is 88.7 Å². The molecule has 0 saturated heterocycles. The Hall–Kier alpha value is -2.69. The van der Waals surface area contributed by atoms with Gasteiger partial charge in [0.1, 0.15) is 29.9 Å². The molecule has 0 saturated carbocycles. The molecule has 0 spiro atoms. The number of imidazole rings is 1. The number of ether oxygens (including phenoxy) is 3. The zero-order valence-electron chi connectivity index (χ0n) is 13.8. The third-order valence-electron chi connectivity index (χ3n) is 3.80. The van der Waals surface area contributed by atoms with Gasteiger partial charge in [0.05, 0.1) is 5.02 Å². The van der Waals surface area contributed by atoms with Gasteiger partial charge in [0.25, 0.3) is 0 Å². The summed E-state index contributed by atoms with van der Waals surface area (Å²) in [5.41, 5.74) is -0.848. The summed E-state index contributed by atoms with van der Waals surface area (Å²) in [6.07, 6.45) is -3.06. The van der Waals surface area contributed by atoms with Gasteiger partial charge >= 0.3 is 18.2 Å². The quantitative estimate of drug-likeness (QED) is 0.550. The molecular weight excluding hydrogens is 395 g/mol. The molecule has 0 amide bonds. The highest BCUT2D eigenvalue weighted by Gasteiger charge is 2.37. The molecule has 12 heteroatoms. The van der Waals surface area contributed by atoms with Crippen LogP contribution in [0.2, 0.25) is 5.02 Å². The van der Waals surface area contributed by atoms with Crippen LogP contribution in [0.3, 0.4) is 0 Å². The van der Waals surface area contributed by atoms with Crippen molar-refractivity contribution in [2.75, 3.05) is 6.61 Å². The van der Waals surface area contributed by atoms with Gasteiger partial charge in [-0.1, -0.05) is 11.6 Å². The maximum atomic E-state index is 12.2. The fourth-order valence-corrected chi connectivity index (χ4v) is 2.70. The van der Waals surface area contributed by atoms with Gasteiger partial charge in [0.2, 0.25) is 0 Å². The molecule has 2 heterocycles. The first kappa shape index (κ1) is 19.1. The number of hydrogen-bond donors (Lipinski definition) is 0. The monoisotopic (exact) mass is 407 g/mol. The van der Waals surface area contributed by atoms with E-state index in [0.29, 0.717) is 13.0 Å². The standard InChI is InChI=1S/C15H13ClF3N3O5/c1-14(4-5-21-7-12(22(23)24)20-13(21)27-14)8-25-11-3-2-9(6-10(11)16)26-15(17,18)19/h2-3,6-7H,4-5,8H2,1H3. The summed E-state index contributed by atoms with van der Waals surface area (Å²) in [6, 6.07) is 3.42. The predicted molar refractivity (Wildman–Crippen MR) is 86.2 cm³/mol. The van der Waals surface area contributed by atoms with Crippen LogP contribution in [0.1, 0.15) is 13.3 Å². The summed E-state index contributed by atoms with van der Waals surface area (Å²) < 4.78 is 53.3. The summed E-state index contributed by atoms with van der Waals surface area (Å²) >= 11 is 5.94. The molecule has 146 valence electrons. The van der Waals surface area contributed by atoms with Crippen molar-refractivity contribution >= 4 is 17.4 Å². The van der Waals surface area contributed by atoms with Crippen molar-refractivity contribution in [3.63, 3.8) is 0 Å². The van der Waals surface area contributed by atoms with Gasteiger partial charge in [-0.3, -0.25) is 4.57 Å². The van der Waals surface area contributed by atoms with Gasteiger partial charge in [-0.2, -0.15) is 0 Å². The molecule has 1 aromatic heterocycles. The van der Waals surface area contributed by atoms with Crippen LogP contribution in [0, 0.1) is 10.1 Å². The summed E-state index contributed by atoms with van der Waals surface area (Å²) in [4.78, 5) is 14.0. The minimum atomic E-state index is -4.82. The van der Waals surface area contributed by atoms with Crippen LogP contribution in [-0.2, 0) is 6.54 Å². The van der Waals surface area contributed by atoms with E-state index in [2.05, 4.69) is 9.72 Å². The predicted octanol–water partition coefficient (Wildman–Crippen LogP) is 3.96. The van der Waals surface area contributed by atoms with E-state index in [1.165, 1.54) is 16.8 Å². The molecule has 0 radical (unpaired) electrons. The van der Waals surface area contributed by atoms with Crippen molar-refractivity contribution in [2.45, 2.75) is 31.9 Å². The van der Waals surface area contributed by atoms with Crippen LogP contribution >= 0.6 is 11.6 Å². The average molecular weight is 408 g/mol. The molecule has 1 aromatic carbocycles. The fourth-order valence-electron chi connectivity index (χ4n) is 2.47. The molecule has 0 aliphatic carbocycles. The third-order valence-corrected chi connectivity index (χ3v) is 4.10. The van der Waals surface area contributed by atoms with Crippen LogP contribution in [0.5, 0.6) is 17.5 Å². The van der Waals surface area contributed by atoms with E-state index in [0.717, 1.165) is 12.1 Å². The zero-order chi connectivity index (χ0) is 19.8. The summed E-state index contributed by atoms with van der Waals surface area (Å²) in [5.74, 6) is -0.635. The van der Waals surface area contributed by atoms with E-state index in [4.69, 9.17) is 21.1 Å². The van der Waals surface area contributed by atoms with Crippen LogP contribution < -0.4 is 14.2 Å². The summed E-state index contributed by atoms with van der Waals surface area (Å²) in [6.45, 7) is 2.17. The molecular formula is C15H13ClF3N3O5. The van der Waals surface area contributed by atoms with E-state index in [1.807, 2.05) is 0 Å².